The lowest BCUT2D eigenvalue weighted by molar-refractivity contribution is -0.117. The number of carbonyl (C=O) groups excluding carboxylic acids is 1. The highest BCUT2D eigenvalue weighted by Gasteiger charge is 2.25. The van der Waals surface area contributed by atoms with Crippen molar-refractivity contribution in [3.8, 4) is 11.4 Å². The van der Waals surface area contributed by atoms with Gasteiger partial charge in [-0.15, -0.1) is 11.3 Å². The first kappa shape index (κ1) is 15.6. The SMILES string of the molecule is O=C(Cn1nc(C2CC2)ccc1=O)Nc1nc(-c2ccccn2)cs1. The van der Waals surface area contributed by atoms with Crippen molar-refractivity contribution in [2.45, 2.75) is 25.3 Å². The topological polar surface area (TPSA) is 89.8 Å². The molecule has 1 aliphatic rings. The van der Waals surface area contributed by atoms with E-state index >= 15 is 0 Å². The molecule has 25 heavy (non-hydrogen) atoms. The van der Waals surface area contributed by atoms with E-state index in [-0.39, 0.29) is 18.0 Å². The molecule has 1 aliphatic carbocycles. The molecule has 0 spiro atoms. The second-order valence-electron chi connectivity index (χ2n) is 5.83. The van der Waals surface area contributed by atoms with Crippen LogP contribution in [0.2, 0.25) is 0 Å². The monoisotopic (exact) mass is 353 g/mol. The van der Waals surface area contributed by atoms with Crippen LogP contribution < -0.4 is 10.9 Å². The third kappa shape index (κ3) is 3.63. The number of thiazole rings is 1. The van der Waals surface area contributed by atoms with Gasteiger partial charge < -0.3 is 5.32 Å². The summed E-state index contributed by atoms with van der Waals surface area (Å²) >= 11 is 1.31. The molecule has 1 amide bonds. The summed E-state index contributed by atoms with van der Waals surface area (Å²) in [6.07, 6.45) is 3.87. The number of amides is 1. The van der Waals surface area contributed by atoms with Crippen molar-refractivity contribution in [2.75, 3.05) is 5.32 Å². The van der Waals surface area contributed by atoms with Crippen molar-refractivity contribution in [3.05, 3.63) is 58.0 Å². The van der Waals surface area contributed by atoms with Gasteiger partial charge in [0.25, 0.3) is 5.56 Å². The van der Waals surface area contributed by atoms with Crippen LogP contribution in [-0.4, -0.2) is 25.7 Å². The van der Waals surface area contributed by atoms with Crippen molar-refractivity contribution in [1.29, 1.82) is 0 Å². The number of nitrogens with zero attached hydrogens (tertiary/aromatic N) is 4. The molecule has 1 N–H and O–H groups in total. The second kappa shape index (κ2) is 6.56. The van der Waals surface area contributed by atoms with E-state index in [0.29, 0.717) is 16.7 Å². The minimum atomic E-state index is -0.329. The maximum Gasteiger partial charge on any atom is 0.267 e. The van der Waals surface area contributed by atoms with Gasteiger partial charge >= 0.3 is 0 Å². The van der Waals surface area contributed by atoms with Gasteiger partial charge in [0.2, 0.25) is 5.91 Å². The third-order valence-electron chi connectivity index (χ3n) is 3.85. The molecular weight excluding hydrogens is 338 g/mol. The molecule has 0 aliphatic heterocycles. The second-order valence-corrected chi connectivity index (χ2v) is 6.69. The van der Waals surface area contributed by atoms with Crippen molar-refractivity contribution in [3.63, 3.8) is 0 Å². The summed E-state index contributed by atoms with van der Waals surface area (Å²) in [7, 11) is 0. The number of anilines is 1. The van der Waals surface area contributed by atoms with E-state index in [9.17, 15) is 9.59 Å². The normalized spacial score (nSPS) is 13.6. The summed E-state index contributed by atoms with van der Waals surface area (Å²) in [5.41, 5.74) is 2.04. The van der Waals surface area contributed by atoms with Crippen LogP contribution in [0.1, 0.15) is 24.5 Å². The number of hydrogen-bond acceptors (Lipinski definition) is 6. The molecule has 7 nitrogen and oxygen atoms in total. The Morgan fingerprint density at radius 3 is 2.88 bits per heavy atom. The maximum atomic E-state index is 12.2. The van der Waals surface area contributed by atoms with Gasteiger partial charge in [-0.25, -0.2) is 9.67 Å². The zero-order valence-electron chi connectivity index (χ0n) is 13.3. The molecule has 0 bridgehead atoms. The van der Waals surface area contributed by atoms with Gasteiger partial charge in [-0.05, 0) is 31.0 Å². The Morgan fingerprint density at radius 1 is 1.24 bits per heavy atom. The van der Waals surface area contributed by atoms with Crippen molar-refractivity contribution in [2.24, 2.45) is 0 Å². The predicted octanol–water partition coefficient (Wildman–Crippen LogP) is 2.28. The Labute approximate surface area is 147 Å². The van der Waals surface area contributed by atoms with E-state index in [1.807, 2.05) is 23.6 Å². The Hall–Kier alpha value is -2.87. The fourth-order valence-corrected chi connectivity index (χ4v) is 3.15. The first-order valence-electron chi connectivity index (χ1n) is 7.94. The van der Waals surface area contributed by atoms with Gasteiger partial charge in [0.15, 0.2) is 5.13 Å². The zero-order valence-corrected chi connectivity index (χ0v) is 14.1. The van der Waals surface area contributed by atoms with Gasteiger partial charge in [0.1, 0.15) is 12.2 Å². The maximum absolute atomic E-state index is 12.2. The molecule has 3 aromatic rings. The van der Waals surface area contributed by atoms with Crippen LogP contribution in [0.25, 0.3) is 11.4 Å². The third-order valence-corrected chi connectivity index (χ3v) is 4.61. The molecule has 8 heteroatoms. The van der Waals surface area contributed by atoms with E-state index in [1.165, 1.54) is 22.1 Å². The highest BCUT2D eigenvalue weighted by atomic mass is 32.1. The molecule has 4 rings (SSSR count). The van der Waals surface area contributed by atoms with Crippen molar-refractivity contribution < 1.29 is 4.79 Å². The van der Waals surface area contributed by atoms with Crippen LogP contribution in [0.15, 0.2) is 46.7 Å². The number of hydrogen-bond donors (Lipinski definition) is 1. The lowest BCUT2D eigenvalue weighted by atomic mass is 10.3. The zero-order chi connectivity index (χ0) is 17.2. The molecule has 3 aromatic heterocycles. The first-order chi connectivity index (χ1) is 12.2. The molecule has 126 valence electrons. The molecule has 0 radical (unpaired) electrons. The summed E-state index contributed by atoms with van der Waals surface area (Å²) in [6, 6.07) is 8.78. The highest BCUT2D eigenvalue weighted by Crippen LogP contribution is 2.38. The summed E-state index contributed by atoms with van der Waals surface area (Å²) in [5, 5.41) is 9.30. The number of aromatic nitrogens is 4. The predicted molar refractivity (Wildman–Crippen MR) is 94.4 cm³/mol. The van der Waals surface area contributed by atoms with Gasteiger partial charge in [-0.2, -0.15) is 5.10 Å². The van der Waals surface area contributed by atoms with Gasteiger partial charge in [0.05, 0.1) is 11.4 Å². The average molecular weight is 353 g/mol. The molecule has 0 atom stereocenters. The minimum absolute atomic E-state index is 0.127. The van der Waals surface area contributed by atoms with E-state index < -0.39 is 0 Å². The largest absolute Gasteiger partial charge is 0.300 e. The summed E-state index contributed by atoms with van der Waals surface area (Å²) in [6.45, 7) is -0.127. The van der Waals surface area contributed by atoms with Crippen LogP contribution in [0, 0.1) is 0 Å². The average Bonchev–Trinajstić information content (AvgIpc) is 3.37. The standard InChI is InChI=1S/C17H15N5O2S/c23-15(9-22-16(24)7-6-12(21-22)11-4-5-11)20-17-19-14(10-25-17)13-3-1-2-8-18-13/h1-3,6-8,10-11H,4-5,9H2,(H,19,20,23). The lowest BCUT2D eigenvalue weighted by Gasteiger charge is -2.06. The number of pyridine rings is 1. The molecule has 0 aromatic carbocycles. The fraction of sp³-hybridized carbons (Fsp3) is 0.235. The molecule has 1 fully saturated rings. The van der Waals surface area contributed by atoms with Crippen molar-refractivity contribution >= 4 is 22.4 Å². The molecule has 1 saturated carbocycles. The summed E-state index contributed by atoms with van der Waals surface area (Å²) in [5.74, 6) is 0.0965. The summed E-state index contributed by atoms with van der Waals surface area (Å²) in [4.78, 5) is 32.7. The highest BCUT2D eigenvalue weighted by molar-refractivity contribution is 7.14. The van der Waals surface area contributed by atoms with E-state index in [2.05, 4.69) is 20.4 Å². The molecule has 0 saturated heterocycles. The van der Waals surface area contributed by atoms with Gasteiger partial charge in [-0.1, -0.05) is 6.07 Å². The number of carbonyl (C=O) groups is 1. The van der Waals surface area contributed by atoms with Gasteiger partial charge in [-0.3, -0.25) is 14.6 Å². The first-order valence-corrected chi connectivity index (χ1v) is 8.82. The van der Waals surface area contributed by atoms with Crippen molar-refractivity contribution in [1.82, 2.24) is 19.7 Å². The van der Waals surface area contributed by atoms with Crippen LogP contribution >= 0.6 is 11.3 Å². The summed E-state index contributed by atoms with van der Waals surface area (Å²) < 4.78 is 1.20. The number of nitrogens with one attached hydrogen (secondary N) is 1. The molecular formula is C17H15N5O2S. The van der Waals surface area contributed by atoms with E-state index in [1.54, 1.807) is 12.3 Å². The Kier molecular flexibility index (Phi) is 4.10. The fourth-order valence-electron chi connectivity index (χ4n) is 2.43. The number of rotatable bonds is 5. The Morgan fingerprint density at radius 2 is 2.12 bits per heavy atom. The van der Waals surface area contributed by atoms with Crippen LogP contribution in [0.5, 0.6) is 0 Å². The molecule has 3 heterocycles. The lowest BCUT2D eigenvalue weighted by Crippen LogP contribution is -2.29. The smallest absolute Gasteiger partial charge is 0.267 e. The molecule has 0 unspecified atom stereocenters. The van der Waals surface area contributed by atoms with Crippen LogP contribution in [0.3, 0.4) is 0 Å². The van der Waals surface area contributed by atoms with Crippen LogP contribution in [-0.2, 0) is 11.3 Å². The Bertz CT molecular complexity index is 962. The van der Waals surface area contributed by atoms with E-state index in [4.69, 9.17) is 0 Å². The van der Waals surface area contributed by atoms with E-state index in [0.717, 1.165) is 24.2 Å². The Balaban J connectivity index is 1.45. The minimum Gasteiger partial charge on any atom is -0.300 e. The quantitative estimate of drug-likeness (QED) is 0.760. The van der Waals surface area contributed by atoms with Gasteiger partial charge in [0, 0.05) is 23.6 Å². The van der Waals surface area contributed by atoms with Crippen LogP contribution in [0.4, 0.5) is 5.13 Å².